The molecule has 1 amide bonds. The van der Waals surface area contributed by atoms with Crippen LogP contribution in [0.4, 0.5) is 5.13 Å². The first kappa shape index (κ1) is 20.8. The van der Waals surface area contributed by atoms with Gasteiger partial charge in [-0.2, -0.15) is 0 Å². The molecule has 2 heterocycles. The Morgan fingerprint density at radius 3 is 2.23 bits per heavy atom. The molecule has 31 heavy (non-hydrogen) atoms. The van der Waals surface area contributed by atoms with Crippen molar-refractivity contribution >= 4 is 33.9 Å². The van der Waals surface area contributed by atoms with Crippen molar-refractivity contribution in [2.45, 2.75) is 26.8 Å². The third-order valence-electron chi connectivity index (χ3n) is 5.42. The number of amides is 1. The van der Waals surface area contributed by atoms with E-state index in [4.69, 9.17) is 4.74 Å². The van der Waals surface area contributed by atoms with Crippen LogP contribution in [0.15, 0.2) is 54.1 Å². The van der Waals surface area contributed by atoms with E-state index in [0.29, 0.717) is 22.0 Å². The summed E-state index contributed by atoms with van der Waals surface area (Å²) in [5.74, 6) is -0.987. The summed E-state index contributed by atoms with van der Waals surface area (Å²) in [6, 6.07) is 13.5. The first-order chi connectivity index (χ1) is 14.8. The van der Waals surface area contributed by atoms with Gasteiger partial charge in [0.25, 0.3) is 5.78 Å². The second-order valence-electron chi connectivity index (χ2n) is 7.45. The van der Waals surface area contributed by atoms with Crippen molar-refractivity contribution in [2.75, 3.05) is 12.0 Å². The average molecular weight is 435 g/mol. The van der Waals surface area contributed by atoms with Gasteiger partial charge in [-0.15, -0.1) is 11.3 Å². The fourth-order valence-corrected chi connectivity index (χ4v) is 4.49. The molecular formula is C24H22N2O4S. The third kappa shape index (κ3) is 3.61. The number of aliphatic hydroxyl groups is 1. The molecule has 1 aliphatic heterocycles. The van der Waals surface area contributed by atoms with Gasteiger partial charge in [0.15, 0.2) is 5.13 Å². The van der Waals surface area contributed by atoms with E-state index in [1.807, 2.05) is 32.9 Å². The molecule has 7 heteroatoms. The molecule has 1 aromatic heterocycles. The van der Waals surface area contributed by atoms with Gasteiger partial charge >= 0.3 is 5.91 Å². The number of hydrogen-bond acceptors (Lipinski definition) is 6. The molecule has 2 aromatic carbocycles. The number of aromatic nitrogens is 1. The fraction of sp³-hybridized carbons (Fsp3) is 0.208. The molecule has 0 saturated carbocycles. The maximum absolute atomic E-state index is 13.1. The zero-order chi connectivity index (χ0) is 22.3. The lowest BCUT2D eigenvalue weighted by molar-refractivity contribution is -0.132. The van der Waals surface area contributed by atoms with E-state index < -0.39 is 17.7 Å². The minimum atomic E-state index is -0.794. The van der Waals surface area contributed by atoms with E-state index in [1.165, 1.54) is 16.2 Å². The minimum Gasteiger partial charge on any atom is -0.507 e. The van der Waals surface area contributed by atoms with Crippen molar-refractivity contribution in [3.63, 3.8) is 0 Å². The van der Waals surface area contributed by atoms with Gasteiger partial charge in [0.1, 0.15) is 11.5 Å². The van der Waals surface area contributed by atoms with Crippen molar-refractivity contribution in [3.8, 4) is 5.75 Å². The van der Waals surface area contributed by atoms with Crippen LogP contribution < -0.4 is 9.64 Å². The zero-order valence-electron chi connectivity index (χ0n) is 17.7. The van der Waals surface area contributed by atoms with Gasteiger partial charge in [0.2, 0.25) is 0 Å². The van der Waals surface area contributed by atoms with Crippen LogP contribution >= 0.6 is 11.3 Å². The molecule has 1 N–H and O–H groups in total. The van der Waals surface area contributed by atoms with Crippen LogP contribution in [0, 0.1) is 20.8 Å². The summed E-state index contributed by atoms with van der Waals surface area (Å²) in [6.07, 6.45) is 0. The average Bonchev–Trinajstić information content (AvgIpc) is 3.23. The fourth-order valence-electron chi connectivity index (χ4n) is 3.56. The molecule has 4 rings (SSSR count). The Balaban J connectivity index is 1.93. The molecule has 1 atom stereocenters. The number of ether oxygens (including phenoxy) is 1. The van der Waals surface area contributed by atoms with Crippen molar-refractivity contribution < 1.29 is 19.4 Å². The van der Waals surface area contributed by atoms with Crippen LogP contribution in [0.25, 0.3) is 5.76 Å². The van der Waals surface area contributed by atoms with Crippen LogP contribution in [0.5, 0.6) is 5.75 Å². The smallest absolute Gasteiger partial charge is 0.301 e. The van der Waals surface area contributed by atoms with Gasteiger partial charge in [-0.3, -0.25) is 14.5 Å². The van der Waals surface area contributed by atoms with Crippen LogP contribution in [0.1, 0.15) is 33.3 Å². The Kier molecular flexibility index (Phi) is 5.37. The molecule has 1 saturated heterocycles. The molecule has 1 aliphatic rings. The lowest BCUT2D eigenvalue weighted by Crippen LogP contribution is -2.29. The molecular weight excluding hydrogens is 412 g/mol. The number of nitrogens with zero attached hydrogens (tertiary/aromatic N) is 2. The number of rotatable bonds is 4. The Labute approximate surface area is 184 Å². The minimum absolute atomic E-state index is 0.0459. The number of hydrogen-bond donors (Lipinski definition) is 1. The van der Waals surface area contributed by atoms with Crippen molar-refractivity contribution in [1.82, 2.24) is 4.98 Å². The maximum Gasteiger partial charge on any atom is 0.301 e. The lowest BCUT2D eigenvalue weighted by Gasteiger charge is -2.23. The number of anilines is 1. The standard InChI is InChI=1S/C24H22N2O4S/c1-13-5-7-17(8-6-13)21(27)19-20(16-9-11-18(30-4)12-10-16)26(23(29)22(19)28)24-25-14(2)15(3)31-24/h5-12,20,27H,1-4H3/b21-19+/t20-/m0/s1. The normalized spacial score (nSPS) is 17.9. The quantitative estimate of drug-likeness (QED) is 0.366. The van der Waals surface area contributed by atoms with Crippen LogP contribution in [0.3, 0.4) is 0 Å². The molecule has 158 valence electrons. The first-order valence-electron chi connectivity index (χ1n) is 9.78. The maximum atomic E-state index is 13.1. The number of carbonyl (C=O) groups is 2. The number of benzene rings is 2. The van der Waals surface area contributed by atoms with Crippen molar-refractivity contribution in [2.24, 2.45) is 0 Å². The number of Topliss-reactive ketones (excluding diaryl/α,β-unsaturated/α-hetero) is 1. The summed E-state index contributed by atoms with van der Waals surface area (Å²) in [7, 11) is 1.57. The van der Waals surface area contributed by atoms with Gasteiger partial charge < -0.3 is 9.84 Å². The van der Waals surface area contributed by atoms with Gasteiger partial charge in [0, 0.05) is 10.4 Å². The summed E-state index contributed by atoms with van der Waals surface area (Å²) in [6.45, 7) is 5.72. The van der Waals surface area contributed by atoms with Gasteiger partial charge in [0.05, 0.1) is 24.4 Å². The Bertz CT molecular complexity index is 1170. The molecule has 1 fully saturated rings. The highest BCUT2D eigenvalue weighted by Gasteiger charge is 2.48. The van der Waals surface area contributed by atoms with Crippen LogP contribution in [-0.4, -0.2) is 28.9 Å². The topological polar surface area (TPSA) is 79.7 Å². The highest BCUT2D eigenvalue weighted by Crippen LogP contribution is 2.43. The SMILES string of the molecule is COc1ccc([C@H]2/C(=C(\O)c3ccc(C)cc3)C(=O)C(=O)N2c2nc(C)c(C)s2)cc1. The third-order valence-corrected chi connectivity index (χ3v) is 6.50. The largest absolute Gasteiger partial charge is 0.507 e. The van der Waals surface area contributed by atoms with Crippen LogP contribution in [-0.2, 0) is 9.59 Å². The number of ketones is 1. The Morgan fingerprint density at radius 1 is 1.03 bits per heavy atom. The van der Waals surface area contributed by atoms with Crippen LogP contribution in [0.2, 0.25) is 0 Å². The van der Waals surface area contributed by atoms with Crippen molar-refractivity contribution in [1.29, 1.82) is 0 Å². The highest BCUT2D eigenvalue weighted by molar-refractivity contribution is 7.16. The molecule has 6 nitrogen and oxygen atoms in total. The van der Waals surface area contributed by atoms with E-state index in [0.717, 1.165) is 16.1 Å². The predicted molar refractivity (Wildman–Crippen MR) is 121 cm³/mol. The molecule has 0 unspecified atom stereocenters. The second kappa shape index (κ2) is 8.00. The number of aryl methyl sites for hydroxylation is 3. The molecule has 3 aromatic rings. The van der Waals surface area contributed by atoms with E-state index in [-0.39, 0.29) is 11.3 Å². The summed E-state index contributed by atoms with van der Waals surface area (Å²) < 4.78 is 5.24. The predicted octanol–water partition coefficient (Wildman–Crippen LogP) is 4.70. The summed E-state index contributed by atoms with van der Waals surface area (Å²) in [4.78, 5) is 33.1. The van der Waals surface area contributed by atoms with Crippen molar-refractivity contribution in [3.05, 3.63) is 81.4 Å². The summed E-state index contributed by atoms with van der Waals surface area (Å²) in [5, 5.41) is 11.5. The molecule has 0 aliphatic carbocycles. The number of carbonyl (C=O) groups excluding carboxylic acids is 2. The Morgan fingerprint density at radius 2 is 1.68 bits per heavy atom. The van der Waals surface area contributed by atoms with E-state index in [9.17, 15) is 14.7 Å². The molecule has 0 bridgehead atoms. The number of thiazole rings is 1. The van der Waals surface area contributed by atoms with E-state index in [2.05, 4.69) is 4.98 Å². The second-order valence-corrected chi connectivity index (χ2v) is 8.63. The zero-order valence-corrected chi connectivity index (χ0v) is 18.5. The first-order valence-corrected chi connectivity index (χ1v) is 10.6. The van der Waals surface area contributed by atoms with E-state index >= 15 is 0 Å². The number of aliphatic hydroxyl groups excluding tert-OH is 1. The monoisotopic (exact) mass is 434 g/mol. The molecule has 0 radical (unpaired) electrons. The highest BCUT2D eigenvalue weighted by atomic mass is 32.1. The number of methoxy groups -OCH3 is 1. The van der Waals surface area contributed by atoms with Gasteiger partial charge in [-0.1, -0.05) is 42.0 Å². The molecule has 0 spiro atoms. The van der Waals surface area contributed by atoms with Gasteiger partial charge in [-0.25, -0.2) is 4.98 Å². The summed E-state index contributed by atoms with van der Waals surface area (Å²) >= 11 is 1.35. The lowest BCUT2D eigenvalue weighted by atomic mass is 9.95. The van der Waals surface area contributed by atoms with E-state index in [1.54, 1.807) is 43.5 Å². The van der Waals surface area contributed by atoms with Gasteiger partial charge in [-0.05, 0) is 38.5 Å². The summed E-state index contributed by atoms with van der Waals surface area (Å²) in [5.41, 5.74) is 3.03. The Hall–Kier alpha value is -3.45.